The summed E-state index contributed by atoms with van der Waals surface area (Å²) in [6.45, 7) is 4.29. The number of aryl methyl sites for hydroxylation is 1. The van der Waals surface area contributed by atoms with Crippen LogP contribution in [0.25, 0.3) is 33.3 Å². The zero-order chi connectivity index (χ0) is 22.8. The summed E-state index contributed by atoms with van der Waals surface area (Å²) in [4.78, 5) is 16.8. The van der Waals surface area contributed by atoms with Crippen LogP contribution in [0, 0.1) is 5.41 Å². The van der Waals surface area contributed by atoms with E-state index in [4.69, 9.17) is 0 Å². The molecule has 0 radical (unpaired) electrons. The minimum Gasteiger partial charge on any atom is -0.512 e. The van der Waals surface area contributed by atoms with Gasteiger partial charge in [-0.3, -0.25) is 4.98 Å². The summed E-state index contributed by atoms with van der Waals surface area (Å²) in [5.74, 6) is 1.40. The van der Waals surface area contributed by atoms with E-state index in [1.165, 1.54) is 17.6 Å². The van der Waals surface area contributed by atoms with Crippen LogP contribution in [0.1, 0.15) is 45.1 Å². The van der Waals surface area contributed by atoms with Gasteiger partial charge in [-0.25, -0.2) is 9.97 Å². The third kappa shape index (κ3) is 4.62. The smallest absolute Gasteiger partial charge is 0.141 e. The first kappa shape index (κ1) is 21.6. The maximum Gasteiger partial charge on any atom is 0.141 e. The number of aliphatic hydroxyl groups excluding tert-OH is 1. The Balaban J connectivity index is 1.24. The third-order valence-corrected chi connectivity index (χ3v) is 7.30. The summed E-state index contributed by atoms with van der Waals surface area (Å²) in [6.07, 6.45) is 10.7. The molecule has 1 aliphatic rings. The molecule has 0 amide bonds. The van der Waals surface area contributed by atoms with Gasteiger partial charge in [0.15, 0.2) is 0 Å². The van der Waals surface area contributed by atoms with Gasteiger partial charge in [0.05, 0.1) is 23.3 Å². The van der Waals surface area contributed by atoms with Gasteiger partial charge in [0.1, 0.15) is 10.8 Å². The molecule has 0 bridgehead atoms. The highest BCUT2D eigenvalue weighted by molar-refractivity contribution is 7.13. The molecule has 4 aromatic rings. The molecule has 5 nitrogen and oxygen atoms in total. The molecule has 6 heteroatoms. The Morgan fingerprint density at radius 2 is 1.79 bits per heavy atom. The second kappa shape index (κ2) is 8.94. The number of nitrogens with zero attached hydrogens (tertiary/aromatic N) is 3. The molecule has 3 aromatic heterocycles. The van der Waals surface area contributed by atoms with E-state index in [1.54, 1.807) is 17.5 Å². The van der Waals surface area contributed by atoms with Crippen LogP contribution in [-0.2, 0) is 6.42 Å². The molecule has 1 aliphatic carbocycles. The largest absolute Gasteiger partial charge is 0.512 e. The molecule has 1 aromatic carbocycles. The number of hydrogen-bond acceptors (Lipinski definition) is 5. The first-order chi connectivity index (χ1) is 16.0. The number of hydrogen-bond donors (Lipinski definition) is 2. The van der Waals surface area contributed by atoms with E-state index in [1.807, 2.05) is 29.9 Å². The van der Waals surface area contributed by atoms with Gasteiger partial charge in [0, 0.05) is 34.3 Å². The quantitative estimate of drug-likeness (QED) is 0.288. The minimum atomic E-state index is -0.170. The van der Waals surface area contributed by atoms with E-state index in [9.17, 15) is 5.11 Å². The molecular weight excluding hydrogens is 428 g/mol. The number of H-pyrrole nitrogens is 1. The molecule has 0 atom stereocenters. The summed E-state index contributed by atoms with van der Waals surface area (Å²) in [6, 6.07) is 12.7. The summed E-state index contributed by atoms with van der Waals surface area (Å²) in [7, 11) is 0. The maximum atomic E-state index is 10.6. The van der Waals surface area contributed by atoms with Crippen LogP contribution in [0.2, 0.25) is 0 Å². The van der Waals surface area contributed by atoms with E-state index >= 15 is 0 Å². The van der Waals surface area contributed by atoms with Crippen molar-refractivity contribution < 1.29 is 5.11 Å². The number of thiazole rings is 1. The summed E-state index contributed by atoms with van der Waals surface area (Å²) < 4.78 is 0. The van der Waals surface area contributed by atoms with Crippen LogP contribution in [0.3, 0.4) is 0 Å². The van der Waals surface area contributed by atoms with E-state index < -0.39 is 0 Å². The highest BCUT2D eigenvalue weighted by atomic mass is 32.1. The molecular formula is C27H28N4OS. The van der Waals surface area contributed by atoms with Crippen LogP contribution >= 0.6 is 11.3 Å². The Labute approximate surface area is 198 Å². The van der Waals surface area contributed by atoms with Crippen molar-refractivity contribution in [1.82, 2.24) is 19.9 Å². The van der Waals surface area contributed by atoms with Crippen molar-refractivity contribution in [1.29, 1.82) is 0 Å². The Bertz CT molecular complexity index is 1250. The number of allylic oxidation sites excluding steroid dienone is 2. The van der Waals surface area contributed by atoms with Gasteiger partial charge in [0.25, 0.3) is 0 Å². The van der Waals surface area contributed by atoms with Crippen molar-refractivity contribution in [3.05, 3.63) is 77.3 Å². The predicted molar refractivity (Wildman–Crippen MR) is 134 cm³/mol. The molecule has 1 saturated carbocycles. The number of imidazole rings is 1. The standard InChI is InChI=1S/C27H28N4OS/c1-27(2,24(32)20-4-3-5-20)13-12-18-6-8-19(9-7-18)22-11-10-21(16-29-22)25-30-17-23(31-25)26-28-14-15-33-26/h6-11,14-17,32H,3-5,12-13H2,1-2H3,(H,30,31). The molecule has 2 N–H and O–H groups in total. The maximum absolute atomic E-state index is 10.6. The van der Waals surface area contributed by atoms with Crippen LogP contribution < -0.4 is 0 Å². The predicted octanol–water partition coefficient (Wildman–Crippen LogP) is 7.22. The molecule has 33 heavy (non-hydrogen) atoms. The number of pyridine rings is 1. The van der Waals surface area contributed by atoms with Gasteiger partial charge in [-0.1, -0.05) is 38.1 Å². The molecule has 168 valence electrons. The number of aromatic amines is 1. The van der Waals surface area contributed by atoms with Crippen molar-refractivity contribution >= 4 is 11.3 Å². The second-order valence-corrected chi connectivity index (χ2v) is 10.2. The van der Waals surface area contributed by atoms with Crippen molar-refractivity contribution in [3.63, 3.8) is 0 Å². The lowest BCUT2D eigenvalue weighted by molar-refractivity contribution is 0.230. The average molecular weight is 457 g/mol. The first-order valence-electron chi connectivity index (χ1n) is 11.4. The Morgan fingerprint density at radius 3 is 2.42 bits per heavy atom. The molecule has 1 fully saturated rings. The Morgan fingerprint density at radius 1 is 1.00 bits per heavy atom. The number of nitrogens with one attached hydrogen (secondary N) is 1. The van der Waals surface area contributed by atoms with Gasteiger partial charge in [0.2, 0.25) is 0 Å². The molecule has 0 unspecified atom stereocenters. The Hall–Kier alpha value is -3.25. The highest BCUT2D eigenvalue weighted by Crippen LogP contribution is 2.38. The highest BCUT2D eigenvalue weighted by Gasteiger charge is 2.28. The molecule has 3 heterocycles. The first-order valence-corrected chi connectivity index (χ1v) is 12.3. The van der Waals surface area contributed by atoms with Gasteiger partial charge < -0.3 is 10.1 Å². The van der Waals surface area contributed by atoms with E-state index in [-0.39, 0.29) is 5.41 Å². The fourth-order valence-electron chi connectivity index (χ4n) is 4.12. The van der Waals surface area contributed by atoms with Gasteiger partial charge >= 0.3 is 0 Å². The fraction of sp³-hybridized carbons (Fsp3) is 0.296. The van der Waals surface area contributed by atoms with Gasteiger partial charge in [-0.05, 0) is 55.4 Å². The molecule has 0 saturated heterocycles. The van der Waals surface area contributed by atoms with Crippen molar-refractivity contribution in [2.45, 2.75) is 46.0 Å². The molecule has 5 rings (SSSR count). The Kier molecular flexibility index (Phi) is 5.85. The number of rotatable bonds is 7. The lowest BCUT2D eigenvalue weighted by Gasteiger charge is -2.30. The topological polar surface area (TPSA) is 74.7 Å². The van der Waals surface area contributed by atoms with Crippen molar-refractivity contribution in [2.24, 2.45) is 5.41 Å². The molecule has 0 spiro atoms. The van der Waals surface area contributed by atoms with Crippen LogP contribution in [0.4, 0.5) is 0 Å². The van der Waals surface area contributed by atoms with Gasteiger partial charge in [-0.2, -0.15) is 0 Å². The summed E-state index contributed by atoms with van der Waals surface area (Å²) in [5.41, 5.74) is 6.24. The van der Waals surface area contributed by atoms with Crippen LogP contribution in [0.5, 0.6) is 0 Å². The van der Waals surface area contributed by atoms with Crippen LogP contribution in [0.15, 0.2) is 71.7 Å². The number of benzene rings is 1. The van der Waals surface area contributed by atoms with Crippen molar-refractivity contribution in [3.8, 4) is 33.3 Å². The lowest BCUT2D eigenvalue weighted by atomic mass is 9.78. The van der Waals surface area contributed by atoms with Crippen molar-refractivity contribution in [2.75, 3.05) is 0 Å². The SMILES string of the molecule is CC(C)(CCc1ccc(-c2ccc(-c3ncc(-c4nccs4)[nH]3)cn2)cc1)C(O)=C1CCC1. The lowest BCUT2D eigenvalue weighted by Crippen LogP contribution is -2.20. The monoisotopic (exact) mass is 456 g/mol. The second-order valence-electron chi connectivity index (χ2n) is 9.30. The van der Waals surface area contributed by atoms with E-state index in [2.05, 4.69) is 58.0 Å². The molecule has 0 aliphatic heterocycles. The number of aromatic nitrogens is 4. The fourth-order valence-corrected chi connectivity index (χ4v) is 4.73. The van der Waals surface area contributed by atoms with E-state index in [0.29, 0.717) is 5.76 Å². The zero-order valence-electron chi connectivity index (χ0n) is 19.0. The third-order valence-electron chi connectivity index (χ3n) is 6.50. The number of aliphatic hydroxyl groups is 1. The zero-order valence-corrected chi connectivity index (χ0v) is 19.8. The average Bonchev–Trinajstić information content (AvgIpc) is 3.49. The summed E-state index contributed by atoms with van der Waals surface area (Å²) in [5, 5.41) is 13.5. The van der Waals surface area contributed by atoms with E-state index in [0.717, 1.165) is 59.0 Å². The van der Waals surface area contributed by atoms with Crippen LogP contribution in [-0.4, -0.2) is 25.0 Å². The summed E-state index contributed by atoms with van der Waals surface area (Å²) >= 11 is 1.58. The minimum absolute atomic E-state index is 0.170. The van der Waals surface area contributed by atoms with Gasteiger partial charge in [-0.15, -0.1) is 11.3 Å². The normalized spacial score (nSPS) is 13.7.